The van der Waals surface area contributed by atoms with Crippen molar-refractivity contribution in [1.29, 1.82) is 0 Å². The zero-order valence-electron chi connectivity index (χ0n) is 18.0. The molecule has 166 valence electrons. The van der Waals surface area contributed by atoms with E-state index in [0.29, 0.717) is 29.0 Å². The first kappa shape index (κ1) is 22.6. The highest BCUT2D eigenvalue weighted by atomic mass is 32.2. The molecule has 1 N–H and O–H groups in total. The maximum Gasteiger partial charge on any atom is 0.150 e. The molecule has 0 aliphatic heterocycles. The zero-order chi connectivity index (χ0) is 23.0. The van der Waals surface area contributed by atoms with Gasteiger partial charge in [-0.25, -0.2) is 8.60 Å². The highest BCUT2D eigenvalue weighted by Gasteiger charge is 2.12. The van der Waals surface area contributed by atoms with Crippen LogP contribution in [0.5, 0.6) is 0 Å². The average molecular weight is 458 g/mol. The molecule has 4 aromatic carbocycles. The van der Waals surface area contributed by atoms with Crippen LogP contribution < -0.4 is 4.72 Å². The lowest BCUT2D eigenvalue weighted by molar-refractivity contribution is -0.118. The van der Waals surface area contributed by atoms with Crippen molar-refractivity contribution in [2.75, 3.05) is 4.72 Å². The maximum atomic E-state index is 13.7. The Labute approximate surface area is 195 Å². The molecular formula is C28H24FNO2S. The highest BCUT2D eigenvalue weighted by Crippen LogP contribution is 2.26. The normalized spacial score (nSPS) is 11.7. The molecule has 1 atom stereocenters. The number of halogens is 1. The molecule has 3 nitrogen and oxygen atoms in total. The molecule has 0 spiro atoms. The van der Waals surface area contributed by atoms with Gasteiger partial charge in [-0.05, 0) is 52.9 Å². The van der Waals surface area contributed by atoms with Crippen LogP contribution in [0.2, 0.25) is 0 Å². The van der Waals surface area contributed by atoms with Crippen molar-refractivity contribution in [2.45, 2.75) is 24.2 Å². The van der Waals surface area contributed by atoms with E-state index in [0.717, 1.165) is 16.7 Å². The van der Waals surface area contributed by atoms with Gasteiger partial charge in [0.2, 0.25) is 0 Å². The van der Waals surface area contributed by atoms with Gasteiger partial charge in [0.05, 0.1) is 4.90 Å². The van der Waals surface area contributed by atoms with Crippen molar-refractivity contribution >= 4 is 22.5 Å². The molecule has 33 heavy (non-hydrogen) atoms. The minimum absolute atomic E-state index is 0.0549. The number of nitrogens with one attached hydrogen (secondary N) is 1. The molecule has 0 aliphatic carbocycles. The molecule has 0 aliphatic rings. The lowest BCUT2D eigenvalue weighted by Crippen LogP contribution is -2.07. The number of hydrogen-bond acceptors (Lipinski definition) is 2. The van der Waals surface area contributed by atoms with Crippen LogP contribution in [0.3, 0.4) is 0 Å². The van der Waals surface area contributed by atoms with Gasteiger partial charge < -0.3 is 4.72 Å². The Bertz CT molecular complexity index is 1260. The van der Waals surface area contributed by atoms with Crippen LogP contribution >= 0.6 is 0 Å². The molecule has 4 aromatic rings. The van der Waals surface area contributed by atoms with Gasteiger partial charge in [0.15, 0.2) is 11.0 Å². The van der Waals surface area contributed by atoms with Crippen LogP contribution in [-0.4, -0.2) is 9.99 Å². The average Bonchev–Trinajstić information content (AvgIpc) is 2.85. The van der Waals surface area contributed by atoms with Gasteiger partial charge in [0.1, 0.15) is 11.6 Å². The molecule has 1 unspecified atom stereocenters. The fourth-order valence-corrected chi connectivity index (χ4v) is 4.68. The third-order valence-corrected chi connectivity index (χ3v) is 6.54. The number of benzene rings is 4. The highest BCUT2D eigenvalue weighted by molar-refractivity contribution is 7.86. The number of hydrogen-bond donors (Lipinski definition) is 1. The molecule has 0 amide bonds. The fraction of sp³-hybridized carbons (Fsp3) is 0.107. The Hall–Kier alpha value is -3.57. The van der Waals surface area contributed by atoms with Gasteiger partial charge >= 0.3 is 0 Å². The number of rotatable bonds is 9. The van der Waals surface area contributed by atoms with E-state index in [-0.39, 0.29) is 18.0 Å². The summed E-state index contributed by atoms with van der Waals surface area (Å²) in [7, 11) is -1.44. The Kier molecular flexibility index (Phi) is 7.43. The summed E-state index contributed by atoms with van der Waals surface area (Å²) >= 11 is 0. The quantitative estimate of drug-likeness (QED) is 0.317. The second-order valence-corrected chi connectivity index (χ2v) is 8.92. The van der Waals surface area contributed by atoms with Crippen molar-refractivity contribution < 1.29 is 13.4 Å². The number of aryl methyl sites for hydroxylation is 1. The second-order valence-electron chi connectivity index (χ2n) is 7.74. The molecule has 0 heterocycles. The Morgan fingerprint density at radius 1 is 0.788 bits per heavy atom. The molecular weight excluding hydrogens is 433 g/mol. The summed E-state index contributed by atoms with van der Waals surface area (Å²) < 4.78 is 29.8. The lowest BCUT2D eigenvalue weighted by Gasteiger charge is -2.11. The summed E-state index contributed by atoms with van der Waals surface area (Å²) in [4.78, 5) is 13.0. The van der Waals surface area contributed by atoms with Gasteiger partial charge in [-0.2, -0.15) is 0 Å². The number of carbonyl (C=O) groups excluding carboxylic acids is 1. The van der Waals surface area contributed by atoms with Gasteiger partial charge in [-0.1, -0.05) is 78.9 Å². The summed E-state index contributed by atoms with van der Waals surface area (Å²) in [5, 5.41) is 0. The first-order chi connectivity index (χ1) is 16.1. The van der Waals surface area contributed by atoms with Crippen LogP contribution in [0.25, 0.3) is 11.1 Å². The second kappa shape index (κ2) is 10.8. The van der Waals surface area contributed by atoms with Crippen molar-refractivity contribution in [3.63, 3.8) is 0 Å². The molecule has 4 rings (SSSR count). The summed E-state index contributed by atoms with van der Waals surface area (Å²) in [6, 6.07) is 31.4. The van der Waals surface area contributed by atoms with Crippen molar-refractivity contribution in [1.82, 2.24) is 0 Å². The van der Waals surface area contributed by atoms with Crippen LogP contribution in [0.15, 0.2) is 108 Å². The van der Waals surface area contributed by atoms with Gasteiger partial charge in [-0.15, -0.1) is 0 Å². The van der Waals surface area contributed by atoms with E-state index in [1.165, 1.54) is 6.07 Å². The molecule has 5 heteroatoms. The van der Waals surface area contributed by atoms with E-state index < -0.39 is 11.0 Å². The third kappa shape index (κ3) is 6.02. The van der Waals surface area contributed by atoms with E-state index in [2.05, 4.69) is 4.72 Å². The Morgan fingerprint density at radius 3 is 2.21 bits per heavy atom. The van der Waals surface area contributed by atoms with E-state index in [1.54, 1.807) is 18.2 Å². The minimum atomic E-state index is -1.44. The van der Waals surface area contributed by atoms with E-state index in [4.69, 9.17) is 0 Å². The summed E-state index contributed by atoms with van der Waals surface area (Å²) in [5.74, 6) is -0.220. The molecule has 0 fully saturated rings. The summed E-state index contributed by atoms with van der Waals surface area (Å²) in [5.41, 5.74) is 4.06. The first-order valence-corrected chi connectivity index (χ1v) is 11.9. The predicted octanol–water partition coefficient (Wildman–Crippen LogP) is 6.37. The molecule has 0 aromatic heterocycles. The van der Waals surface area contributed by atoms with Crippen LogP contribution in [-0.2, 0) is 28.6 Å². The molecule has 0 radical (unpaired) electrons. The van der Waals surface area contributed by atoms with Gasteiger partial charge in [0.25, 0.3) is 0 Å². The zero-order valence-corrected chi connectivity index (χ0v) is 18.9. The monoisotopic (exact) mass is 457 g/mol. The molecule has 0 saturated heterocycles. The van der Waals surface area contributed by atoms with E-state index in [1.807, 2.05) is 78.9 Å². The standard InChI is InChI=1S/C28H24FNO2S/c29-27-12-6-4-10-23(27)16-19-25(31)20-21-14-17-24(18-15-21)30-33(32)28-13-7-5-11-26(28)22-8-2-1-3-9-22/h1-15,17-18,30H,16,19-20H2. The minimum Gasteiger partial charge on any atom is -0.301 e. The largest absolute Gasteiger partial charge is 0.301 e. The smallest absolute Gasteiger partial charge is 0.150 e. The van der Waals surface area contributed by atoms with Crippen molar-refractivity contribution in [2.24, 2.45) is 0 Å². The first-order valence-electron chi connectivity index (χ1n) is 10.8. The number of ketones is 1. The Morgan fingerprint density at radius 2 is 1.45 bits per heavy atom. The SMILES string of the molecule is O=C(CCc1ccccc1F)Cc1ccc(NS(=O)c2ccccc2-c2ccccc2)cc1. The van der Waals surface area contributed by atoms with Crippen LogP contribution in [0, 0.1) is 5.82 Å². The van der Waals surface area contributed by atoms with E-state index >= 15 is 0 Å². The number of carbonyl (C=O) groups is 1. The van der Waals surface area contributed by atoms with E-state index in [9.17, 15) is 13.4 Å². The summed E-state index contributed by atoms with van der Waals surface area (Å²) in [6.45, 7) is 0. The topological polar surface area (TPSA) is 46.2 Å². The predicted molar refractivity (Wildman–Crippen MR) is 132 cm³/mol. The van der Waals surface area contributed by atoms with Crippen molar-refractivity contribution in [3.05, 3.63) is 120 Å². The van der Waals surface area contributed by atoms with Gasteiger partial charge in [-0.3, -0.25) is 4.79 Å². The third-order valence-electron chi connectivity index (χ3n) is 5.37. The summed E-state index contributed by atoms with van der Waals surface area (Å²) in [6.07, 6.45) is 0.973. The number of anilines is 1. The fourth-order valence-electron chi connectivity index (χ4n) is 3.63. The van der Waals surface area contributed by atoms with Crippen LogP contribution in [0.1, 0.15) is 17.5 Å². The molecule has 0 saturated carbocycles. The number of Topliss-reactive ketones (excluding diaryl/α,β-unsaturated/α-hetero) is 1. The van der Waals surface area contributed by atoms with Gasteiger partial charge in [0, 0.05) is 18.5 Å². The Balaban J connectivity index is 1.37. The lowest BCUT2D eigenvalue weighted by atomic mass is 10.0. The van der Waals surface area contributed by atoms with Crippen molar-refractivity contribution in [3.8, 4) is 11.1 Å². The van der Waals surface area contributed by atoms with Crippen LogP contribution in [0.4, 0.5) is 10.1 Å². The maximum absolute atomic E-state index is 13.7. The molecule has 0 bridgehead atoms.